The van der Waals surface area contributed by atoms with Crippen molar-refractivity contribution in [2.75, 3.05) is 5.32 Å². The second-order valence-corrected chi connectivity index (χ2v) is 6.66. The van der Waals surface area contributed by atoms with Gasteiger partial charge in [-0.15, -0.1) is 0 Å². The summed E-state index contributed by atoms with van der Waals surface area (Å²) in [6.07, 6.45) is 1.76. The van der Waals surface area contributed by atoms with E-state index in [1.165, 1.54) is 12.1 Å². The van der Waals surface area contributed by atoms with Crippen LogP contribution in [-0.2, 0) is 0 Å². The van der Waals surface area contributed by atoms with E-state index in [0.717, 1.165) is 17.2 Å². The lowest BCUT2D eigenvalue weighted by atomic mass is 10.1. The molecule has 2 N–H and O–H groups in total. The molecule has 0 atom stereocenters. The van der Waals surface area contributed by atoms with Crippen LogP contribution >= 0.6 is 11.6 Å². The van der Waals surface area contributed by atoms with Crippen molar-refractivity contribution >= 4 is 40.1 Å². The molecule has 144 valence electrons. The first-order chi connectivity index (χ1) is 13.9. The number of nitro groups is 1. The maximum Gasteiger partial charge on any atom is 0.368 e. The lowest BCUT2D eigenvalue weighted by Gasteiger charge is -2.11. The van der Waals surface area contributed by atoms with Crippen molar-refractivity contribution in [3.05, 3.63) is 81.0 Å². The molecule has 0 aliphatic rings. The van der Waals surface area contributed by atoms with Gasteiger partial charge in [0.05, 0.1) is 27.3 Å². The maximum absolute atomic E-state index is 12.6. The zero-order valence-corrected chi connectivity index (χ0v) is 15.9. The molecule has 0 aliphatic heterocycles. The third-order valence-corrected chi connectivity index (χ3v) is 4.75. The molecule has 9 heteroatoms. The van der Waals surface area contributed by atoms with E-state index < -0.39 is 10.8 Å². The average molecular weight is 410 g/mol. The topological polar surface area (TPSA) is 112 Å². The van der Waals surface area contributed by atoms with Gasteiger partial charge in [0.15, 0.2) is 0 Å². The van der Waals surface area contributed by atoms with E-state index in [2.05, 4.69) is 15.3 Å². The molecule has 0 radical (unpaired) electrons. The molecule has 2 heterocycles. The van der Waals surface area contributed by atoms with Crippen LogP contribution in [0.15, 0.2) is 59.1 Å². The Morgan fingerprint density at radius 2 is 2.07 bits per heavy atom. The number of non-ortho nitro benzene ring substituents is 1. The van der Waals surface area contributed by atoms with Crippen LogP contribution in [-0.4, -0.2) is 15.8 Å². The van der Waals surface area contributed by atoms with E-state index in [4.69, 9.17) is 16.0 Å². The molecule has 0 unspecified atom stereocenters. The number of carbonyl (C=O) groups excluding carboxylic acids is 1. The number of aromatic amines is 1. The number of nitrogens with zero attached hydrogens (tertiary/aromatic N) is 2. The second kappa shape index (κ2) is 7.33. The number of halogens is 1. The molecule has 29 heavy (non-hydrogen) atoms. The fraction of sp³-hybridized carbons (Fsp3) is 0.0500. The summed E-state index contributed by atoms with van der Waals surface area (Å²) in [4.78, 5) is 30.4. The Balaban J connectivity index is 1.65. The Morgan fingerprint density at radius 1 is 1.24 bits per heavy atom. The Kier molecular flexibility index (Phi) is 4.69. The van der Waals surface area contributed by atoms with E-state index in [9.17, 15) is 14.9 Å². The number of hydrogen-bond donors (Lipinski definition) is 1. The summed E-state index contributed by atoms with van der Waals surface area (Å²) >= 11 is 6.05. The number of nitro benzene ring substituents is 1. The second-order valence-electron chi connectivity index (χ2n) is 6.26. The summed E-state index contributed by atoms with van der Waals surface area (Å²) < 4.78 is 5.79. The van der Waals surface area contributed by atoms with Crippen LogP contribution in [0.3, 0.4) is 0 Å². The molecule has 0 saturated carbocycles. The summed E-state index contributed by atoms with van der Waals surface area (Å²) in [5, 5.41) is 13.6. The number of aromatic nitrogens is 2. The molecule has 0 saturated heterocycles. The van der Waals surface area contributed by atoms with Crippen LogP contribution in [0.4, 0.5) is 11.4 Å². The number of H-pyrrole nitrogens is 1. The predicted octanol–water partition coefficient (Wildman–Crippen LogP) is 4.43. The summed E-state index contributed by atoms with van der Waals surface area (Å²) in [5.41, 5.74) is 3.22. The van der Waals surface area contributed by atoms with E-state index in [-0.39, 0.29) is 16.3 Å². The van der Waals surface area contributed by atoms with Gasteiger partial charge in [-0.3, -0.25) is 14.9 Å². The number of fused-ring (bicyclic) bond motifs is 1. The summed E-state index contributed by atoms with van der Waals surface area (Å²) in [5.74, 6) is -0.0551. The van der Waals surface area contributed by atoms with E-state index in [1.54, 1.807) is 24.4 Å². The summed E-state index contributed by atoms with van der Waals surface area (Å²) in [6, 6.07) is 12.7. The lowest BCUT2D eigenvalue weighted by Crippen LogP contribution is -2.13. The first kappa shape index (κ1) is 18.6. The largest absolute Gasteiger partial charge is 0.411 e. The van der Waals surface area contributed by atoms with Crippen molar-refractivity contribution in [2.24, 2.45) is 0 Å². The smallest absolute Gasteiger partial charge is 0.368 e. The van der Waals surface area contributed by atoms with Gasteiger partial charge in [0.2, 0.25) is 5.58 Å². The number of hydrogen-bond acceptors (Lipinski definition) is 5. The van der Waals surface area contributed by atoms with Crippen LogP contribution in [0.25, 0.3) is 22.7 Å². The third-order valence-electron chi connectivity index (χ3n) is 4.44. The van der Waals surface area contributed by atoms with Crippen molar-refractivity contribution in [1.29, 1.82) is 0 Å². The fourth-order valence-electron chi connectivity index (χ4n) is 2.92. The highest BCUT2D eigenvalue weighted by Gasteiger charge is 2.21. The van der Waals surface area contributed by atoms with Crippen LogP contribution in [0.2, 0.25) is 5.02 Å². The zero-order valence-electron chi connectivity index (χ0n) is 15.1. The molecule has 2 aromatic heterocycles. The van der Waals surface area contributed by atoms with Crippen LogP contribution in [0.1, 0.15) is 15.9 Å². The summed E-state index contributed by atoms with van der Waals surface area (Å²) in [6.45, 7) is 1.83. The minimum Gasteiger partial charge on any atom is -0.411 e. The van der Waals surface area contributed by atoms with Gasteiger partial charge < -0.3 is 9.73 Å². The van der Waals surface area contributed by atoms with Gasteiger partial charge in [-0.1, -0.05) is 17.7 Å². The Hall–Kier alpha value is -3.78. The first-order valence-corrected chi connectivity index (χ1v) is 8.94. The number of nitrogens with one attached hydrogen (secondary N) is 2. The Bertz CT molecular complexity index is 1240. The molecule has 4 aromatic rings. The number of benzene rings is 2. The van der Waals surface area contributed by atoms with Gasteiger partial charge >= 0.3 is 11.5 Å². The number of amides is 1. The molecule has 0 bridgehead atoms. The maximum atomic E-state index is 12.6. The highest BCUT2D eigenvalue weighted by atomic mass is 35.5. The molecule has 8 nitrogen and oxygen atoms in total. The number of oxazole rings is 1. The van der Waals surface area contributed by atoms with Gasteiger partial charge in [-0.2, -0.15) is 0 Å². The predicted molar refractivity (Wildman–Crippen MR) is 107 cm³/mol. The van der Waals surface area contributed by atoms with Gasteiger partial charge in [-0.05, 0) is 42.8 Å². The van der Waals surface area contributed by atoms with Crippen molar-refractivity contribution in [3.8, 4) is 11.5 Å². The lowest BCUT2D eigenvalue weighted by molar-refractivity contribution is -0.384. The zero-order chi connectivity index (χ0) is 20.5. The van der Waals surface area contributed by atoms with Crippen LogP contribution in [0, 0.1) is 17.0 Å². The number of pyridine rings is 1. The minimum atomic E-state index is -0.570. The number of rotatable bonds is 4. The molecular formula is C20H14ClN4O4+. The average Bonchev–Trinajstić information content (AvgIpc) is 3.13. The van der Waals surface area contributed by atoms with Crippen LogP contribution in [0.5, 0.6) is 0 Å². The third kappa shape index (κ3) is 3.53. The van der Waals surface area contributed by atoms with Crippen LogP contribution < -0.4 is 10.3 Å². The first-order valence-electron chi connectivity index (χ1n) is 8.56. The monoisotopic (exact) mass is 409 g/mol. The van der Waals surface area contributed by atoms with Gasteiger partial charge in [0, 0.05) is 22.8 Å². The van der Waals surface area contributed by atoms with Crippen molar-refractivity contribution in [3.63, 3.8) is 0 Å². The Morgan fingerprint density at radius 3 is 2.79 bits per heavy atom. The molecule has 4 rings (SSSR count). The van der Waals surface area contributed by atoms with Gasteiger partial charge in [0.1, 0.15) is 0 Å². The number of carbonyl (C=O) groups is 1. The highest BCUT2D eigenvalue weighted by Crippen LogP contribution is 2.30. The molecule has 0 spiro atoms. The molecular weight excluding hydrogens is 396 g/mol. The van der Waals surface area contributed by atoms with Crippen molar-refractivity contribution < 1.29 is 19.1 Å². The van der Waals surface area contributed by atoms with Gasteiger partial charge in [0.25, 0.3) is 11.6 Å². The van der Waals surface area contributed by atoms with E-state index in [1.807, 2.05) is 19.1 Å². The van der Waals surface area contributed by atoms with E-state index >= 15 is 0 Å². The normalized spacial score (nSPS) is 10.8. The Labute approximate surface area is 169 Å². The van der Waals surface area contributed by atoms with Crippen molar-refractivity contribution in [2.45, 2.75) is 6.92 Å². The van der Waals surface area contributed by atoms with E-state index in [0.29, 0.717) is 22.8 Å². The summed E-state index contributed by atoms with van der Waals surface area (Å²) in [7, 11) is 0. The molecule has 2 aromatic carbocycles. The standard InChI is InChI=1S/C20H13ClN4O4/c1-11-13(20-24-18-17(29-20)6-3-9-22-18)4-2-5-16(11)23-19(26)14-8-7-12(25(27)28)10-15(14)21/h2-10H,1H3,(H,23,26)/p+1. The SMILES string of the molecule is Cc1c(NC(=O)c2ccc([N+](=O)[O-])cc2Cl)cccc1-c1nc2[nH+]cccc2o1. The molecule has 0 fully saturated rings. The van der Waals surface area contributed by atoms with Gasteiger partial charge in [-0.25, -0.2) is 4.98 Å². The highest BCUT2D eigenvalue weighted by molar-refractivity contribution is 6.34. The number of anilines is 1. The quantitative estimate of drug-likeness (QED) is 0.395. The molecule has 0 aliphatic carbocycles. The molecule has 1 amide bonds. The minimum absolute atomic E-state index is 0.00000400. The van der Waals surface area contributed by atoms with Crippen molar-refractivity contribution in [1.82, 2.24) is 4.98 Å². The fourth-order valence-corrected chi connectivity index (χ4v) is 3.18.